The molecule has 0 saturated carbocycles. The first-order valence-corrected chi connectivity index (χ1v) is 8.13. The van der Waals surface area contributed by atoms with Crippen LogP contribution in [0, 0.1) is 6.92 Å². The van der Waals surface area contributed by atoms with E-state index in [0.29, 0.717) is 27.0 Å². The lowest BCUT2D eigenvalue weighted by molar-refractivity contribution is 0.597. The number of nitrogens with two attached hydrogens (primary N) is 2. The maximum atomic E-state index is 11.6. The van der Waals surface area contributed by atoms with Crippen LogP contribution >= 0.6 is 23.2 Å². The van der Waals surface area contributed by atoms with Gasteiger partial charge in [-0.15, -0.1) is 0 Å². The van der Waals surface area contributed by atoms with Crippen molar-refractivity contribution in [3.8, 4) is 0 Å². The van der Waals surface area contributed by atoms with Crippen LogP contribution in [0.15, 0.2) is 35.2 Å². The number of anilines is 3. The second kappa shape index (κ2) is 5.73. The van der Waals surface area contributed by atoms with Gasteiger partial charge in [-0.1, -0.05) is 23.2 Å². The van der Waals surface area contributed by atoms with Crippen molar-refractivity contribution in [2.75, 3.05) is 11.1 Å². The topological polar surface area (TPSA) is 98.2 Å². The normalized spacial score (nSPS) is 11.4. The summed E-state index contributed by atoms with van der Waals surface area (Å²) in [4.78, 5) is -0.0295. The third-order valence-corrected chi connectivity index (χ3v) is 4.30. The largest absolute Gasteiger partial charge is 0.399 e. The average molecular weight is 346 g/mol. The molecule has 5 nitrogen and oxygen atoms in total. The van der Waals surface area contributed by atoms with E-state index in [0.717, 1.165) is 0 Å². The zero-order chi connectivity index (χ0) is 15.8. The van der Waals surface area contributed by atoms with Crippen molar-refractivity contribution in [1.29, 1.82) is 0 Å². The monoisotopic (exact) mass is 345 g/mol. The standard InChI is InChI=1S/C13H13Cl2N3O2S/c1-7-12(5-10(16)6-13(7)21(17,19)20)18-11-3-8(14)2-9(15)4-11/h2-6,18H,16H2,1H3,(H2,17,19,20). The van der Waals surface area contributed by atoms with Gasteiger partial charge in [-0.05, 0) is 42.8 Å². The fourth-order valence-electron chi connectivity index (χ4n) is 1.92. The molecule has 0 aliphatic carbocycles. The van der Waals surface area contributed by atoms with Crippen molar-refractivity contribution in [1.82, 2.24) is 0 Å². The molecule has 0 aliphatic rings. The van der Waals surface area contributed by atoms with Crippen molar-refractivity contribution in [3.63, 3.8) is 0 Å². The van der Waals surface area contributed by atoms with E-state index in [9.17, 15) is 8.42 Å². The molecule has 8 heteroatoms. The summed E-state index contributed by atoms with van der Waals surface area (Å²) >= 11 is 11.9. The quantitative estimate of drug-likeness (QED) is 0.743. The minimum absolute atomic E-state index is 0.0295. The van der Waals surface area contributed by atoms with Gasteiger partial charge >= 0.3 is 0 Å². The van der Waals surface area contributed by atoms with Crippen LogP contribution in [0.25, 0.3) is 0 Å². The summed E-state index contributed by atoms with van der Waals surface area (Å²) in [5.74, 6) is 0. The highest BCUT2D eigenvalue weighted by Crippen LogP contribution is 2.30. The smallest absolute Gasteiger partial charge is 0.238 e. The van der Waals surface area contributed by atoms with E-state index in [1.165, 1.54) is 6.07 Å². The molecular formula is C13H13Cl2N3O2S. The Hall–Kier alpha value is -1.47. The van der Waals surface area contributed by atoms with Crippen LogP contribution in [-0.2, 0) is 10.0 Å². The Morgan fingerprint density at radius 3 is 2.14 bits per heavy atom. The van der Waals surface area contributed by atoms with Gasteiger partial charge in [0.25, 0.3) is 0 Å². The molecule has 0 aliphatic heterocycles. The summed E-state index contributed by atoms with van der Waals surface area (Å²) in [6.07, 6.45) is 0. The minimum Gasteiger partial charge on any atom is -0.399 e. The summed E-state index contributed by atoms with van der Waals surface area (Å²) in [6.45, 7) is 1.63. The van der Waals surface area contributed by atoms with Crippen LogP contribution in [0.2, 0.25) is 10.0 Å². The number of nitrogens with one attached hydrogen (secondary N) is 1. The Morgan fingerprint density at radius 2 is 1.62 bits per heavy atom. The predicted octanol–water partition coefficient (Wildman–Crippen LogP) is 3.28. The van der Waals surface area contributed by atoms with E-state index >= 15 is 0 Å². The van der Waals surface area contributed by atoms with Gasteiger partial charge in [-0.3, -0.25) is 0 Å². The Morgan fingerprint density at radius 1 is 1.05 bits per heavy atom. The molecule has 112 valence electrons. The van der Waals surface area contributed by atoms with E-state index in [4.69, 9.17) is 34.1 Å². The average Bonchev–Trinajstić information content (AvgIpc) is 2.30. The molecule has 0 amide bonds. The maximum Gasteiger partial charge on any atom is 0.238 e. The number of rotatable bonds is 3. The van der Waals surface area contributed by atoms with Gasteiger partial charge in [-0.25, -0.2) is 13.6 Å². The number of primary sulfonamides is 1. The number of sulfonamides is 1. The molecule has 0 unspecified atom stereocenters. The lowest BCUT2D eigenvalue weighted by atomic mass is 10.1. The zero-order valence-electron chi connectivity index (χ0n) is 11.0. The first kappa shape index (κ1) is 15.9. The molecular weight excluding hydrogens is 333 g/mol. The highest BCUT2D eigenvalue weighted by molar-refractivity contribution is 7.89. The van der Waals surface area contributed by atoms with E-state index in [1.54, 1.807) is 31.2 Å². The van der Waals surface area contributed by atoms with Crippen molar-refractivity contribution < 1.29 is 8.42 Å². The van der Waals surface area contributed by atoms with Crippen molar-refractivity contribution in [2.45, 2.75) is 11.8 Å². The Kier molecular flexibility index (Phi) is 4.34. The van der Waals surface area contributed by atoms with Crippen LogP contribution in [0.4, 0.5) is 17.1 Å². The fraction of sp³-hybridized carbons (Fsp3) is 0.0769. The van der Waals surface area contributed by atoms with Gasteiger partial charge in [0.1, 0.15) is 0 Å². The second-order valence-electron chi connectivity index (χ2n) is 4.52. The second-order valence-corrected chi connectivity index (χ2v) is 6.92. The molecule has 2 aromatic rings. The molecule has 0 bridgehead atoms. The van der Waals surface area contributed by atoms with Gasteiger partial charge in [0.05, 0.1) is 4.90 Å². The zero-order valence-corrected chi connectivity index (χ0v) is 13.4. The number of nitrogen functional groups attached to an aromatic ring is 1. The van der Waals surface area contributed by atoms with Gasteiger partial charge in [0.15, 0.2) is 0 Å². The highest BCUT2D eigenvalue weighted by atomic mass is 35.5. The summed E-state index contributed by atoms with van der Waals surface area (Å²) in [6, 6.07) is 7.84. The molecule has 0 saturated heterocycles. The number of benzene rings is 2. The molecule has 2 rings (SSSR count). The number of hydrogen-bond acceptors (Lipinski definition) is 4. The predicted molar refractivity (Wildman–Crippen MR) is 86.7 cm³/mol. The molecule has 0 radical (unpaired) electrons. The molecule has 5 N–H and O–H groups in total. The van der Waals surface area contributed by atoms with Gasteiger partial charge in [-0.2, -0.15) is 0 Å². The van der Waals surface area contributed by atoms with Crippen molar-refractivity contribution in [2.24, 2.45) is 5.14 Å². The summed E-state index contributed by atoms with van der Waals surface area (Å²) < 4.78 is 23.1. The molecule has 0 atom stereocenters. The van der Waals surface area contributed by atoms with Crippen LogP contribution in [-0.4, -0.2) is 8.42 Å². The van der Waals surface area contributed by atoms with Crippen LogP contribution in [0.3, 0.4) is 0 Å². The molecule has 0 fully saturated rings. The maximum absolute atomic E-state index is 11.6. The van der Waals surface area contributed by atoms with Crippen LogP contribution < -0.4 is 16.2 Å². The van der Waals surface area contributed by atoms with Crippen LogP contribution in [0.1, 0.15) is 5.56 Å². The molecule has 21 heavy (non-hydrogen) atoms. The van der Waals surface area contributed by atoms with E-state index < -0.39 is 10.0 Å². The Bertz CT molecular complexity index is 787. The molecule has 2 aromatic carbocycles. The number of halogens is 2. The highest BCUT2D eigenvalue weighted by Gasteiger charge is 2.15. The lowest BCUT2D eigenvalue weighted by Crippen LogP contribution is -2.15. The third-order valence-electron chi connectivity index (χ3n) is 2.83. The van der Waals surface area contributed by atoms with Gasteiger partial charge < -0.3 is 11.1 Å². The summed E-state index contributed by atoms with van der Waals surface area (Å²) in [7, 11) is -3.86. The van der Waals surface area contributed by atoms with Crippen LogP contribution in [0.5, 0.6) is 0 Å². The first-order chi connectivity index (χ1) is 9.66. The first-order valence-electron chi connectivity index (χ1n) is 5.83. The Labute approximate surface area is 132 Å². The molecule has 0 aromatic heterocycles. The van der Waals surface area contributed by atoms with Crippen molar-refractivity contribution >= 4 is 50.3 Å². The third kappa shape index (κ3) is 3.79. The summed E-state index contributed by atoms with van der Waals surface area (Å²) in [5, 5.41) is 9.14. The van der Waals surface area contributed by atoms with Gasteiger partial charge in [0, 0.05) is 27.1 Å². The minimum atomic E-state index is -3.86. The lowest BCUT2D eigenvalue weighted by Gasteiger charge is -2.14. The summed E-state index contributed by atoms with van der Waals surface area (Å²) in [5.41, 5.74) is 7.59. The van der Waals surface area contributed by atoms with E-state index in [2.05, 4.69) is 5.32 Å². The van der Waals surface area contributed by atoms with E-state index in [-0.39, 0.29) is 10.6 Å². The molecule has 0 heterocycles. The Balaban J connectivity index is 2.52. The van der Waals surface area contributed by atoms with Gasteiger partial charge in [0.2, 0.25) is 10.0 Å². The van der Waals surface area contributed by atoms with Crippen molar-refractivity contribution in [3.05, 3.63) is 45.9 Å². The number of hydrogen-bond donors (Lipinski definition) is 3. The molecule has 0 spiro atoms. The fourth-order valence-corrected chi connectivity index (χ4v) is 3.28. The SMILES string of the molecule is Cc1c(Nc2cc(Cl)cc(Cl)c2)cc(N)cc1S(N)(=O)=O. The van der Waals surface area contributed by atoms with E-state index in [1.807, 2.05) is 0 Å².